The average Bonchev–Trinajstić information content (AvgIpc) is 2.85. The van der Waals surface area contributed by atoms with Crippen molar-refractivity contribution in [3.05, 3.63) is 47.0 Å². The number of aryl methyl sites for hydroxylation is 2. The second-order valence-electron chi connectivity index (χ2n) is 6.23. The molecule has 0 aliphatic carbocycles. The molecule has 1 aromatic carbocycles. The number of guanidine groups is 1. The van der Waals surface area contributed by atoms with Crippen LogP contribution in [0.3, 0.4) is 0 Å². The van der Waals surface area contributed by atoms with Gasteiger partial charge in [-0.15, -0.1) is 24.0 Å². The number of halogens is 2. The van der Waals surface area contributed by atoms with Gasteiger partial charge >= 0.3 is 0 Å². The van der Waals surface area contributed by atoms with Crippen LogP contribution in [-0.2, 0) is 13.6 Å². The fraction of sp³-hybridized carbons (Fsp3) is 0.474. The molecule has 27 heavy (non-hydrogen) atoms. The van der Waals surface area contributed by atoms with E-state index < -0.39 is 0 Å². The summed E-state index contributed by atoms with van der Waals surface area (Å²) in [6, 6.07) is 6.03. The van der Waals surface area contributed by atoms with Crippen molar-refractivity contribution >= 4 is 29.9 Å². The number of hydrogen-bond donors (Lipinski definition) is 2. The van der Waals surface area contributed by atoms with E-state index in [0.29, 0.717) is 18.8 Å². The maximum atomic E-state index is 12.9. The maximum Gasteiger partial charge on any atom is 0.191 e. The molecule has 2 N–H and O–H groups in total. The first kappa shape index (κ1) is 23.2. The molecule has 2 rings (SSSR count). The molecule has 0 bridgehead atoms. The first-order chi connectivity index (χ1) is 12.4. The molecule has 1 atom stereocenters. The molecular weight excluding hydrogens is 460 g/mol. The molecule has 0 saturated heterocycles. The Morgan fingerprint density at radius 3 is 2.48 bits per heavy atom. The lowest BCUT2D eigenvalue weighted by molar-refractivity contribution is 0.223. The van der Waals surface area contributed by atoms with Gasteiger partial charge in [0, 0.05) is 24.8 Å². The highest BCUT2D eigenvalue weighted by Gasteiger charge is 2.10. The van der Waals surface area contributed by atoms with Gasteiger partial charge in [0.2, 0.25) is 0 Å². The molecule has 1 unspecified atom stereocenters. The molecule has 1 heterocycles. The Bertz CT molecular complexity index is 745. The Hall–Kier alpha value is -1.84. The maximum absolute atomic E-state index is 12.9. The summed E-state index contributed by atoms with van der Waals surface area (Å²) in [5, 5.41) is 10.9. The van der Waals surface area contributed by atoms with E-state index >= 15 is 0 Å². The quantitative estimate of drug-likeness (QED) is 0.356. The lowest BCUT2D eigenvalue weighted by Crippen LogP contribution is -2.41. The zero-order valence-electron chi connectivity index (χ0n) is 16.5. The van der Waals surface area contributed by atoms with E-state index in [1.54, 1.807) is 12.1 Å². The van der Waals surface area contributed by atoms with Crippen LogP contribution >= 0.6 is 24.0 Å². The number of hydrogen-bond acceptors (Lipinski definition) is 3. The highest BCUT2D eigenvalue weighted by atomic mass is 127. The second kappa shape index (κ2) is 11.1. The van der Waals surface area contributed by atoms with Crippen LogP contribution in [0, 0.1) is 19.7 Å². The number of nitrogens with one attached hydrogen (secondary N) is 2. The van der Waals surface area contributed by atoms with Gasteiger partial charge in [-0.05, 0) is 52.0 Å². The Morgan fingerprint density at radius 2 is 1.93 bits per heavy atom. The van der Waals surface area contributed by atoms with Crippen LogP contribution in [0.25, 0.3) is 0 Å². The normalized spacial score (nSPS) is 12.3. The van der Waals surface area contributed by atoms with Crippen molar-refractivity contribution in [1.29, 1.82) is 0 Å². The third kappa shape index (κ3) is 7.00. The van der Waals surface area contributed by atoms with E-state index in [4.69, 9.17) is 4.74 Å². The van der Waals surface area contributed by atoms with Crippen LogP contribution < -0.4 is 15.4 Å². The summed E-state index contributed by atoms with van der Waals surface area (Å²) in [7, 11) is 1.94. The SMILES string of the molecule is CCNC(=NCc1c(C)nn(C)c1C)NCC(C)Oc1ccc(F)cc1.I. The molecule has 0 fully saturated rings. The van der Waals surface area contributed by atoms with Gasteiger partial charge in [0.1, 0.15) is 17.7 Å². The molecule has 1 aromatic heterocycles. The minimum atomic E-state index is -0.273. The Kier molecular flexibility index (Phi) is 9.54. The lowest BCUT2D eigenvalue weighted by Gasteiger charge is -2.17. The molecular formula is C19H29FIN5O. The van der Waals surface area contributed by atoms with Crippen molar-refractivity contribution < 1.29 is 9.13 Å². The summed E-state index contributed by atoms with van der Waals surface area (Å²) in [4.78, 5) is 4.65. The summed E-state index contributed by atoms with van der Waals surface area (Å²) in [6.45, 7) is 9.93. The first-order valence-corrected chi connectivity index (χ1v) is 8.84. The molecule has 0 saturated carbocycles. The van der Waals surface area contributed by atoms with Gasteiger partial charge in [-0.3, -0.25) is 4.68 Å². The van der Waals surface area contributed by atoms with Gasteiger partial charge in [0.05, 0.1) is 18.8 Å². The Balaban J connectivity index is 0.00000364. The topological polar surface area (TPSA) is 63.5 Å². The molecule has 6 nitrogen and oxygen atoms in total. The summed E-state index contributed by atoms with van der Waals surface area (Å²) < 4.78 is 20.6. The van der Waals surface area contributed by atoms with Crippen molar-refractivity contribution in [2.24, 2.45) is 12.0 Å². The zero-order valence-corrected chi connectivity index (χ0v) is 18.9. The molecule has 0 spiro atoms. The van der Waals surface area contributed by atoms with Crippen LogP contribution in [-0.4, -0.2) is 34.9 Å². The van der Waals surface area contributed by atoms with E-state index in [1.165, 1.54) is 12.1 Å². The van der Waals surface area contributed by atoms with Crippen molar-refractivity contribution in [2.45, 2.75) is 40.3 Å². The molecule has 0 amide bonds. The number of nitrogens with zero attached hydrogens (tertiary/aromatic N) is 3. The number of benzene rings is 1. The Labute approximate surface area is 177 Å². The summed E-state index contributed by atoms with van der Waals surface area (Å²) in [6.07, 6.45) is -0.0915. The van der Waals surface area contributed by atoms with Crippen molar-refractivity contribution in [3.63, 3.8) is 0 Å². The summed E-state index contributed by atoms with van der Waals surface area (Å²) in [5.74, 6) is 1.10. The molecule has 0 aliphatic rings. The first-order valence-electron chi connectivity index (χ1n) is 8.84. The van der Waals surface area contributed by atoms with E-state index in [-0.39, 0.29) is 35.9 Å². The van der Waals surface area contributed by atoms with E-state index in [1.807, 2.05) is 39.4 Å². The van der Waals surface area contributed by atoms with Crippen LogP contribution in [0.5, 0.6) is 5.75 Å². The van der Waals surface area contributed by atoms with Crippen LogP contribution in [0.1, 0.15) is 30.8 Å². The largest absolute Gasteiger partial charge is 0.489 e. The van der Waals surface area contributed by atoms with Gasteiger partial charge in [-0.25, -0.2) is 9.38 Å². The number of aliphatic imine (C=N–C) groups is 1. The molecule has 150 valence electrons. The fourth-order valence-corrected chi connectivity index (χ4v) is 2.57. The molecule has 0 aliphatic heterocycles. The van der Waals surface area contributed by atoms with E-state index in [0.717, 1.165) is 29.5 Å². The second-order valence-corrected chi connectivity index (χ2v) is 6.23. The monoisotopic (exact) mass is 489 g/mol. The summed E-state index contributed by atoms with van der Waals surface area (Å²) in [5.41, 5.74) is 3.26. The Morgan fingerprint density at radius 1 is 1.26 bits per heavy atom. The number of rotatable bonds is 7. The van der Waals surface area contributed by atoms with E-state index in [9.17, 15) is 4.39 Å². The van der Waals surface area contributed by atoms with Crippen LogP contribution in [0.15, 0.2) is 29.3 Å². The molecule has 2 aromatic rings. The van der Waals surface area contributed by atoms with Crippen LogP contribution in [0.2, 0.25) is 0 Å². The van der Waals surface area contributed by atoms with Gasteiger partial charge in [-0.2, -0.15) is 5.10 Å². The highest BCUT2D eigenvalue weighted by molar-refractivity contribution is 14.0. The third-order valence-electron chi connectivity index (χ3n) is 4.11. The van der Waals surface area contributed by atoms with Gasteiger partial charge in [0.15, 0.2) is 5.96 Å². The van der Waals surface area contributed by atoms with Crippen molar-refractivity contribution in [1.82, 2.24) is 20.4 Å². The van der Waals surface area contributed by atoms with E-state index in [2.05, 4.69) is 20.7 Å². The summed E-state index contributed by atoms with van der Waals surface area (Å²) >= 11 is 0. The molecule has 8 heteroatoms. The highest BCUT2D eigenvalue weighted by Crippen LogP contribution is 2.13. The van der Waals surface area contributed by atoms with Crippen molar-refractivity contribution in [3.8, 4) is 5.75 Å². The minimum absolute atomic E-state index is 0. The number of ether oxygens (including phenoxy) is 1. The number of aromatic nitrogens is 2. The van der Waals surface area contributed by atoms with Gasteiger partial charge in [-0.1, -0.05) is 0 Å². The molecule has 0 radical (unpaired) electrons. The van der Waals surface area contributed by atoms with Crippen LogP contribution in [0.4, 0.5) is 4.39 Å². The van der Waals surface area contributed by atoms with Gasteiger partial charge < -0.3 is 15.4 Å². The van der Waals surface area contributed by atoms with Gasteiger partial charge in [0.25, 0.3) is 0 Å². The minimum Gasteiger partial charge on any atom is -0.489 e. The predicted molar refractivity (Wildman–Crippen MR) is 117 cm³/mol. The lowest BCUT2D eigenvalue weighted by atomic mass is 10.2. The third-order valence-corrected chi connectivity index (χ3v) is 4.11. The fourth-order valence-electron chi connectivity index (χ4n) is 2.57. The zero-order chi connectivity index (χ0) is 19.1. The standard InChI is InChI=1S/C19H28FN5O.HI/c1-6-21-19(23-12-18-14(3)24-25(5)15(18)4)22-11-13(2)26-17-9-7-16(20)8-10-17;/h7-10,13H,6,11-12H2,1-5H3,(H2,21,22,23);1H. The smallest absolute Gasteiger partial charge is 0.191 e. The van der Waals surface area contributed by atoms with Crippen molar-refractivity contribution in [2.75, 3.05) is 13.1 Å². The average molecular weight is 489 g/mol. The predicted octanol–water partition coefficient (Wildman–Crippen LogP) is 3.32.